The molecule has 8 nitrogen and oxygen atoms in total. The van der Waals surface area contributed by atoms with Crippen LogP contribution < -0.4 is 20.9 Å². The smallest absolute Gasteiger partial charge is 0.195 e. The number of fused-ring (bicyclic) bond motifs is 2. The lowest BCUT2D eigenvalue weighted by Gasteiger charge is -2.19. The number of benzene rings is 3. The van der Waals surface area contributed by atoms with Crippen molar-refractivity contribution in [2.45, 2.75) is 6.42 Å². The van der Waals surface area contributed by atoms with Crippen LogP contribution in [0.1, 0.15) is 11.1 Å². The maximum absolute atomic E-state index is 8.03. The molecule has 0 aliphatic carbocycles. The van der Waals surface area contributed by atoms with Gasteiger partial charge < -0.3 is 25.8 Å². The van der Waals surface area contributed by atoms with Crippen molar-refractivity contribution in [3.63, 3.8) is 0 Å². The van der Waals surface area contributed by atoms with Crippen LogP contribution in [0, 0.1) is 10.8 Å². The number of aromatic amines is 1. The maximum atomic E-state index is 8.03. The van der Waals surface area contributed by atoms with Gasteiger partial charge in [-0.2, -0.15) is 0 Å². The van der Waals surface area contributed by atoms with E-state index in [-0.39, 0.29) is 5.96 Å². The quantitative estimate of drug-likeness (QED) is 0.227. The van der Waals surface area contributed by atoms with E-state index in [1.807, 2.05) is 54.5 Å². The largest absolute Gasteiger partial charge is 0.370 e. The monoisotopic (exact) mass is 464 g/mol. The van der Waals surface area contributed by atoms with Gasteiger partial charge in [0.15, 0.2) is 11.9 Å². The molecule has 0 fully saturated rings. The summed E-state index contributed by atoms with van der Waals surface area (Å²) in [6.07, 6.45) is 2.78. The molecule has 35 heavy (non-hydrogen) atoms. The van der Waals surface area contributed by atoms with Gasteiger partial charge in [-0.1, -0.05) is 18.2 Å². The highest BCUT2D eigenvalue weighted by Crippen LogP contribution is 2.35. The first-order valence-corrected chi connectivity index (χ1v) is 11.4. The van der Waals surface area contributed by atoms with E-state index in [1.54, 1.807) is 19.0 Å². The van der Waals surface area contributed by atoms with Crippen LogP contribution in [0.15, 0.2) is 71.9 Å². The van der Waals surface area contributed by atoms with Crippen LogP contribution in [-0.4, -0.2) is 43.8 Å². The average Bonchev–Trinajstić information content (AvgIpc) is 3.50. The van der Waals surface area contributed by atoms with Crippen molar-refractivity contribution in [2.24, 2.45) is 10.7 Å². The molecule has 0 unspecified atom stereocenters. The number of anilines is 2. The summed E-state index contributed by atoms with van der Waals surface area (Å²) >= 11 is 0. The number of aromatic nitrogens is 1. The Morgan fingerprint density at radius 3 is 2.37 bits per heavy atom. The average molecular weight is 465 g/mol. The number of H-pyrrole nitrogens is 1. The van der Waals surface area contributed by atoms with Gasteiger partial charge in [0.05, 0.1) is 11.4 Å². The third-order valence-corrected chi connectivity index (χ3v) is 6.58. The van der Waals surface area contributed by atoms with E-state index in [0.29, 0.717) is 5.96 Å². The molecule has 4 aromatic rings. The first kappa shape index (κ1) is 22.2. The van der Waals surface area contributed by atoms with Gasteiger partial charge in [-0.05, 0) is 59.2 Å². The third-order valence-electron chi connectivity index (χ3n) is 6.58. The predicted octanol–water partition coefficient (Wildman–Crippen LogP) is 4.43. The SMILES string of the molecule is CNC(=N)N(C)c1ccc2c(c1)CC(c1c[nH]c3ccc(-c4ccc(N(C)C(=N)N)cc4)cc13)=N2. The van der Waals surface area contributed by atoms with Crippen molar-refractivity contribution < 1.29 is 0 Å². The van der Waals surface area contributed by atoms with Crippen molar-refractivity contribution >= 4 is 45.6 Å². The summed E-state index contributed by atoms with van der Waals surface area (Å²) in [6.45, 7) is 0. The highest BCUT2D eigenvalue weighted by Gasteiger charge is 2.20. The Morgan fingerprint density at radius 1 is 0.943 bits per heavy atom. The molecule has 1 aromatic heterocycles. The minimum Gasteiger partial charge on any atom is -0.370 e. The molecule has 8 heteroatoms. The van der Waals surface area contributed by atoms with E-state index < -0.39 is 0 Å². The summed E-state index contributed by atoms with van der Waals surface area (Å²) in [7, 11) is 5.41. The number of nitrogens with zero attached hydrogens (tertiary/aromatic N) is 3. The van der Waals surface area contributed by atoms with Gasteiger partial charge >= 0.3 is 0 Å². The minimum atomic E-state index is 0.00790. The molecule has 2 heterocycles. The summed E-state index contributed by atoms with van der Waals surface area (Å²) in [5.74, 6) is 0.350. The van der Waals surface area contributed by atoms with Crippen molar-refractivity contribution in [1.29, 1.82) is 10.8 Å². The normalized spacial score (nSPS) is 12.3. The molecule has 0 radical (unpaired) electrons. The van der Waals surface area contributed by atoms with Crippen LogP contribution in [0.2, 0.25) is 0 Å². The highest BCUT2D eigenvalue weighted by atomic mass is 15.3. The van der Waals surface area contributed by atoms with E-state index in [9.17, 15) is 0 Å². The fourth-order valence-electron chi connectivity index (χ4n) is 4.40. The molecule has 0 atom stereocenters. The van der Waals surface area contributed by atoms with Gasteiger partial charge in [0.1, 0.15) is 0 Å². The Bertz CT molecular complexity index is 1480. The number of rotatable bonds is 4. The summed E-state index contributed by atoms with van der Waals surface area (Å²) in [4.78, 5) is 11.8. The fourth-order valence-corrected chi connectivity index (χ4v) is 4.40. The van der Waals surface area contributed by atoms with Crippen LogP contribution in [0.4, 0.5) is 17.1 Å². The number of nitrogens with one attached hydrogen (secondary N) is 4. The van der Waals surface area contributed by atoms with Gasteiger partial charge in [-0.25, -0.2) is 0 Å². The lowest BCUT2D eigenvalue weighted by atomic mass is 9.99. The summed E-state index contributed by atoms with van der Waals surface area (Å²) in [5.41, 5.74) is 15.0. The number of hydrogen-bond acceptors (Lipinski definition) is 3. The maximum Gasteiger partial charge on any atom is 0.195 e. The summed E-state index contributed by atoms with van der Waals surface area (Å²) < 4.78 is 0. The lowest BCUT2D eigenvalue weighted by Crippen LogP contribution is -2.35. The Morgan fingerprint density at radius 2 is 1.66 bits per heavy atom. The van der Waals surface area contributed by atoms with E-state index in [2.05, 4.69) is 34.6 Å². The van der Waals surface area contributed by atoms with Gasteiger partial charge in [-0.15, -0.1) is 0 Å². The molecule has 1 aliphatic heterocycles. The molecule has 0 spiro atoms. The Hall–Kier alpha value is -4.59. The van der Waals surface area contributed by atoms with Gasteiger partial charge in [0.25, 0.3) is 0 Å². The fraction of sp³-hybridized carbons (Fsp3) is 0.148. The molecule has 0 saturated carbocycles. The van der Waals surface area contributed by atoms with Crippen LogP contribution in [-0.2, 0) is 6.42 Å². The first-order chi connectivity index (χ1) is 16.9. The second kappa shape index (κ2) is 8.64. The van der Waals surface area contributed by atoms with Crippen molar-refractivity contribution in [3.05, 3.63) is 78.0 Å². The number of hydrogen-bond donors (Lipinski definition) is 5. The zero-order chi connectivity index (χ0) is 24.7. The Balaban J connectivity index is 1.44. The standard InChI is InChI=1S/C27H28N8/c1-31-27(30)35(3)20-9-11-23-18(12-20)14-25(33-23)22-15-32-24-10-6-17(13-21(22)24)16-4-7-19(8-5-16)34(2)26(28)29/h4-13,15,32H,14H2,1-3H3,(H3,28,29)(H2,30,31). The van der Waals surface area contributed by atoms with E-state index in [4.69, 9.17) is 21.5 Å². The Labute approximate surface area is 204 Å². The number of guanidine groups is 2. The zero-order valence-corrected chi connectivity index (χ0v) is 20.0. The van der Waals surface area contributed by atoms with Crippen molar-refractivity contribution in [2.75, 3.05) is 30.9 Å². The van der Waals surface area contributed by atoms with Crippen molar-refractivity contribution in [1.82, 2.24) is 10.3 Å². The van der Waals surface area contributed by atoms with Gasteiger partial charge in [0.2, 0.25) is 0 Å². The first-order valence-electron chi connectivity index (χ1n) is 11.4. The van der Waals surface area contributed by atoms with E-state index >= 15 is 0 Å². The minimum absolute atomic E-state index is 0.00790. The number of aliphatic imine (C=N–C) groups is 1. The third kappa shape index (κ3) is 3.99. The molecular formula is C27H28N8. The molecule has 1 aliphatic rings. The highest BCUT2D eigenvalue weighted by molar-refractivity contribution is 6.15. The van der Waals surface area contributed by atoms with Crippen LogP contribution in [0.25, 0.3) is 22.0 Å². The molecule has 5 rings (SSSR count). The summed E-state index contributed by atoms with van der Waals surface area (Å²) in [5, 5.41) is 19.7. The predicted molar refractivity (Wildman–Crippen MR) is 146 cm³/mol. The number of nitrogens with two attached hydrogens (primary N) is 1. The molecule has 6 N–H and O–H groups in total. The molecule has 3 aromatic carbocycles. The Kier molecular flexibility index (Phi) is 5.49. The molecule has 0 amide bonds. The second-order valence-electron chi connectivity index (χ2n) is 8.66. The van der Waals surface area contributed by atoms with Crippen molar-refractivity contribution in [3.8, 4) is 11.1 Å². The van der Waals surface area contributed by atoms with Gasteiger partial charge in [0, 0.05) is 61.6 Å². The lowest BCUT2D eigenvalue weighted by molar-refractivity contribution is 1.05. The molecular weight excluding hydrogens is 436 g/mol. The van der Waals surface area contributed by atoms with E-state index in [0.717, 1.165) is 62.4 Å². The van der Waals surface area contributed by atoms with Gasteiger partial charge in [-0.3, -0.25) is 15.8 Å². The van der Waals surface area contributed by atoms with Crippen LogP contribution >= 0.6 is 0 Å². The molecule has 0 saturated heterocycles. The van der Waals surface area contributed by atoms with Crippen LogP contribution in [0.3, 0.4) is 0 Å². The molecule has 176 valence electrons. The second-order valence-corrected chi connectivity index (χ2v) is 8.66. The van der Waals surface area contributed by atoms with E-state index in [1.165, 1.54) is 0 Å². The van der Waals surface area contributed by atoms with Crippen LogP contribution in [0.5, 0.6) is 0 Å². The topological polar surface area (TPSA) is 120 Å². The summed E-state index contributed by atoms with van der Waals surface area (Å²) in [6, 6.07) is 20.6. The molecule has 0 bridgehead atoms. The zero-order valence-electron chi connectivity index (χ0n) is 20.0.